The minimum atomic E-state index is 0.264. The number of hydrogen-bond donors (Lipinski definition) is 1. The predicted molar refractivity (Wildman–Crippen MR) is 96.1 cm³/mol. The Hall–Kier alpha value is -1.24. The van der Waals surface area contributed by atoms with Crippen molar-refractivity contribution in [2.45, 2.75) is 60.4 Å². The van der Waals surface area contributed by atoms with Crippen molar-refractivity contribution in [3.63, 3.8) is 0 Å². The lowest BCUT2D eigenvalue weighted by Gasteiger charge is -2.51. The normalized spacial score (nSPS) is 28.3. The van der Waals surface area contributed by atoms with E-state index < -0.39 is 0 Å². The van der Waals surface area contributed by atoms with Gasteiger partial charge in [0.1, 0.15) is 0 Å². The van der Waals surface area contributed by atoms with E-state index >= 15 is 0 Å². The van der Waals surface area contributed by atoms with Crippen LogP contribution in [0, 0.1) is 22.7 Å². The van der Waals surface area contributed by atoms with Crippen LogP contribution in [0.15, 0.2) is 35.9 Å². The highest BCUT2D eigenvalue weighted by Gasteiger charge is 2.45. The van der Waals surface area contributed by atoms with E-state index in [4.69, 9.17) is 0 Å². The van der Waals surface area contributed by atoms with Crippen molar-refractivity contribution in [1.82, 2.24) is 0 Å². The van der Waals surface area contributed by atoms with Gasteiger partial charge in [-0.25, -0.2) is 0 Å². The molecule has 3 unspecified atom stereocenters. The van der Waals surface area contributed by atoms with Crippen molar-refractivity contribution in [3.05, 3.63) is 41.5 Å². The molecule has 120 valence electrons. The highest BCUT2D eigenvalue weighted by Crippen LogP contribution is 2.51. The fourth-order valence-electron chi connectivity index (χ4n) is 4.62. The van der Waals surface area contributed by atoms with E-state index in [1.165, 1.54) is 17.7 Å². The molecule has 1 aliphatic carbocycles. The summed E-state index contributed by atoms with van der Waals surface area (Å²) in [4.78, 5) is 0. The summed E-state index contributed by atoms with van der Waals surface area (Å²) in [6.45, 7) is 14.4. The molecule has 0 saturated carbocycles. The van der Waals surface area contributed by atoms with Crippen LogP contribution in [0.25, 0.3) is 0 Å². The Labute approximate surface area is 136 Å². The average Bonchev–Trinajstić information content (AvgIpc) is 2.41. The second-order valence-electron chi connectivity index (χ2n) is 9.26. The largest absolute Gasteiger partial charge is 0.381 e. The van der Waals surface area contributed by atoms with Gasteiger partial charge in [-0.1, -0.05) is 71.4 Å². The molecule has 1 heteroatoms. The third-order valence-corrected chi connectivity index (χ3v) is 5.48. The Bertz CT molecular complexity index is 583. The number of para-hydroxylation sites is 1. The second kappa shape index (κ2) is 5.15. The molecule has 0 fully saturated rings. The lowest BCUT2D eigenvalue weighted by molar-refractivity contribution is 0.138. The highest BCUT2D eigenvalue weighted by atomic mass is 14.9. The SMILES string of the molecule is CC(C)(C)C1=CCC2Nc3ccccc3CC2C1C(C)(C)C. The fraction of sp³-hybridized carbons (Fsp3) is 0.619. The molecule has 1 aromatic carbocycles. The minimum Gasteiger partial charge on any atom is -0.381 e. The van der Waals surface area contributed by atoms with Gasteiger partial charge in [0.25, 0.3) is 0 Å². The predicted octanol–water partition coefficient (Wildman–Crippen LogP) is 5.68. The second-order valence-corrected chi connectivity index (χ2v) is 9.26. The molecule has 2 aliphatic rings. The summed E-state index contributed by atoms with van der Waals surface area (Å²) >= 11 is 0. The molecule has 1 heterocycles. The number of fused-ring (bicyclic) bond motifs is 2. The zero-order chi connectivity index (χ0) is 16.1. The first-order valence-corrected chi connectivity index (χ1v) is 8.73. The number of rotatable bonds is 0. The number of nitrogens with one attached hydrogen (secondary N) is 1. The molecule has 1 N–H and O–H groups in total. The summed E-state index contributed by atoms with van der Waals surface area (Å²) in [5.41, 5.74) is 5.08. The van der Waals surface area contributed by atoms with Gasteiger partial charge in [0, 0.05) is 11.7 Å². The fourth-order valence-corrected chi connectivity index (χ4v) is 4.62. The van der Waals surface area contributed by atoms with Gasteiger partial charge in [-0.3, -0.25) is 0 Å². The first kappa shape index (κ1) is 15.6. The van der Waals surface area contributed by atoms with E-state index in [2.05, 4.69) is 77.2 Å². The van der Waals surface area contributed by atoms with Crippen LogP contribution in [0.3, 0.4) is 0 Å². The van der Waals surface area contributed by atoms with E-state index in [0.29, 0.717) is 23.3 Å². The highest BCUT2D eigenvalue weighted by molar-refractivity contribution is 5.55. The molecule has 1 aliphatic heterocycles. The van der Waals surface area contributed by atoms with Gasteiger partial charge in [-0.15, -0.1) is 0 Å². The van der Waals surface area contributed by atoms with Crippen molar-refractivity contribution in [2.75, 3.05) is 5.32 Å². The van der Waals surface area contributed by atoms with E-state index in [1.54, 1.807) is 5.57 Å². The van der Waals surface area contributed by atoms with Crippen molar-refractivity contribution >= 4 is 5.69 Å². The van der Waals surface area contributed by atoms with Gasteiger partial charge in [-0.05, 0) is 47.1 Å². The molecule has 0 aromatic heterocycles. The summed E-state index contributed by atoms with van der Waals surface area (Å²) in [6.07, 6.45) is 4.92. The molecule has 1 nitrogen and oxygen atoms in total. The first-order valence-electron chi connectivity index (χ1n) is 8.73. The van der Waals surface area contributed by atoms with E-state index in [-0.39, 0.29) is 5.41 Å². The van der Waals surface area contributed by atoms with Gasteiger partial charge < -0.3 is 5.32 Å². The zero-order valence-corrected chi connectivity index (χ0v) is 15.0. The Morgan fingerprint density at radius 2 is 1.68 bits per heavy atom. The quantitative estimate of drug-likeness (QED) is 0.608. The van der Waals surface area contributed by atoms with Crippen LogP contribution in [0.2, 0.25) is 0 Å². The lowest BCUT2D eigenvalue weighted by atomic mass is 9.57. The number of allylic oxidation sites excluding steroid dienone is 1. The van der Waals surface area contributed by atoms with Gasteiger partial charge in [0.15, 0.2) is 0 Å². The number of anilines is 1. The van der Waals surface area contributed by atoms with Gasteiger partial charge >= 0.3 is 0 Å². The summed E-state index contributed by atoms with van der Waals surface area (Å²) in [6, 6.07) is 9.45. The Balaban J connectivity index is 2.02. The van der Waals surface area contributed by atoms with E-state index in [0.717, 1.165) is 6.42 Å². The molecule has 1 aromatic rings. The van der Waals surface area contributed by atoms with Crippen LogP contribution in [0.1, 0.15) is 53.5 Å². The number of hydrogen-bond acceptors (Lipinski definition) is 1. The van der Waals surface area contributed by atoms with Crippen molar-refractivity contribution in [2.24, 2.45) is 22.7 Å². The Morgan fingerprint density at radius 1 is 1.00 bits per heavy atom. The summed E-state index contributed by atoms with van der Waals surface area (Å²) < 4.78 is 0. The van der Waals surface area contributed by atoms with Crippen LogP contribution in [0.5, 0.6) is 0 Å². The molecular formula is C21H31N. The van der Waals surface area contributed by atoms with Crippen LogP contribution in [-0.2, 0) is 6.42 Å². The maximum Gasteiger partial charge on any atom is 0.0375 e. The van der Waals surface area contributed by atoms with Crippen LogP contribution < -0.4 is 5.32 Å². The molecule has 0 bridgehead atoms. The maximum absolute atomic E-state index is 3.83. The Morgan fingerprint density at radius 3 is 2.32 bits per heavy atom. The van der Waals surface area contributed by atoms with Gasteiger partial charge in [0.05, 0.1) is 0 Å². The average molecular weight is 297 g/mol. The molecule has 0 spiro atoms. The minimum absolute atomic E-state index is 0.264. The summed E-state index contributed by atoms with van der Waals surface area (Å²) in [5, 5.41) is 3.83. The number of benzene rings is 1. The van der Waals surface area contributed by atoms with Crippen molar-refractivity contribution < 1.29 is 0 Å². The molecule has 3 rings (SSSR count). The van der Waals surface area contributed by atoms with Crippen molar-refractivity contribution in [3.8, 4) is 0 Å². The molecular weight excluding hydrogens is 266 g/mol. The molecule has 3 atom stereocenters. The topological polar surface area (TPSA) is 12.0 Å². The third kappa shape index (κ3) is 2.71. The van der Waals surface area contributed by atoms with Gasteiger partial charge in [0.2, 0.25) is 0 Å². The smallest absolute Gasteiger partial charge is 0.0375 e. The van der Waals surface area contributed by atoms with E-state index in [1.807, 2.05) is 0 Å². The summed E-state index contributed by atoms with van der Waals surface area (Å²) in [7, 11) is 0. The standard InChI is InChI=1S/C21H31N/c1-20(2,3)16-11-12-18-15(19(16)21(4,5)6)13-14-9-7-8-10-17(14)22-18/h7-11,15,18-19,22H,12-13H2,1-6H3. The van der Waals surface area contributed by atoms with Crippen LogP contribution >= 0.6 is 0 Å². The Kier molecular flexibility index (Phi) is 3.66. The molecule has 0 amide bonds. The monoisotopic (exact) mass is 297 g/mol. The molecule has 0 radical (unpaired) electrons. The lowest BCUT2D eigenvalue weighted by Crippen LogP contribution is -2.48. The van der Waals surface area contributed by atoms with Crippen molar-refractivity contribution in [1.29, 1.82) is 0 Å². The third-order valence-electron chi connectivity index (χ3n) is 5.48. The van der Waals surface area contributed by atoms with E-state index in [9.17, 15) is 0 Å². The first-order chi connectivity index (χ1) is 10.2. The van der Waals surface area contributed by atoms with Crippen LogP contribution in [0.4, 0.5) is 5.69 Å². The zero-order valence-electron chi connectivity index (χ0n) is 15.0. The van der Waals surface area contributed by atoms with Gasteiger partial charge in [-0.2, -0.15) is 0 Å². The molecule has 0 saturated heterocycles. The molecule has 22 heavy (non-hydrogen) atoms. The van der Waals surface area contributed by atoms with Crippen LogP contribution in [-0.4, -0.2) is 6.04 Å². The maximum atomic E-state index is 3.83. The summed E-state index contributed by atoms with van der Waals surface area (Å²) in [5.74, 6) is 1.35.